The van der Waals surface area contributed by atoms with E-state index in [1.807, 2.05) is 0 Å². The average Bonchev–Trinajstić information content (AvgIpc) is 3.20. The van der Waals surface area contributed by atoms with Gasteiger partial charge in [-0.25, -0.2) is 22.7 Å². The first-order valence-electron chi connectivity index (χ1n) is 10.5. The Morgan fingerprint density at radius 1 is 1.34 bits per heavy atom. The number of hydrogen-bond acceptors (Lipinski definition) is 7. The van der Waals surface area contributed by atoms with Crippen LogP contribution in [0.1, 0.15) is 54.8 Å². The van der Waals surface area contributed by atoms with Crippen molar-refractivity contribution in [1.82, 2.24) is 14.9 Å². The van der Waals surface area contributed by atoms with Gasteiger partial charge in [-0.15, -0.1) is 5.10 Å². The van der Waals surface area contributed by atoms with Gasteiger partial charge in [0.15, 0.2) is 0 Å². The first-order valence-corrected chi connectivity index (χ1v) is 13.2. The number of hydrogen-bond donors (Lipinski definition) is 3. The van der Waals surface area contributed by atoms with Crippen molar-refractivity contribution >= 4 is 37.6 Å². The summed E-state index contributed by atoms with van der Waals surface area (Å²) < 4.78 is 55.9. The normalized spacial score (nSPS) is 19.6. The Morgan fingerprint density at radius 2 is 2.06 bits per heavy atom. The molecule has 2 heterocycles. The highest BCUT2D eigenvalue weighted by atomic mass is 79.9. The molecule has 1 aliphatic rings. The van der Waals surface area contributed by atoms with Gasteiger partial charge in [-0.1, -0.05) is 34.5 Å². The molecule has 0 aliphatic carbocycles. The Kier molecular flexibility index (Phi) is 6.88. The van der Waals surface area contributed by atoms with Crippen LogP contribution in [0.5, 0.6) is 5.75 Å². The van der Waals surface area contributed by atoms with Crippen LogP contribution in [0.3, 0.4) is 0 Å². The Morgan fingerprint density at radius 3 is 2.71 bits per heavy atom. The van der Waals surface area contributed by atoms with E-state index in [0.717, 1.165) is 0 Å². The summed E-state index contributed by atoms with van der Waals surface area (Å²) in [5, 5.41) is 16.8. The molecule has 0 amide bonds. The minimum Gasteiger partial charge on any atom is -0.492 e. The van der Waals surface area contributed by atoms with Crippen LogP contribution < -0.4 is 15.2 Å². The molecule has 0 saturated heterocycles. The van der Waals surface area contributed by atoms with Gasteiger partial charge < -0.3 is 14.3 Å². The zero-order chi connectivity index (χ0) is 25.7. The molecular formula is C22H22BrClFN3O6S. The Balaban J connectivity index is 1.84. The first-order chi connectivity index (χ1) is 16.3. The molecule has 3 N–H and O–H groups in total. The molecule has 13 heteroatoms. The van der Waals surface area contributed by atoms with E-state index < -0.39 is 39.2 Å². The van der Waals surface area contributed by atoms with Gasteiger partial charge in [0.2, 0.25) is 15.9 Å². The highest BCUT2D eigenvalue weighted by Crippen LogP contribution is 2.45. The van der Waals surface area contributed by atoms with Gasteiger partial charge in [0, 0.05) is 22.4 Å². The highest BCUT2D eigenvalue weighted by Gasteiger charge is 2.39. The lowest BCUT2D eigenvalue weighted by molar-refractivity contribution is 0.0135. The summed E-state index contributed by atoms with van der Waals surface area (Å²) >= 11 is 9.63. The number of fused-ring (bicyclic) bond motifs is 1. The third-order valence-corrected chi connectivity index (χ3v) is 8.73. The average molecular weight is 591 g/mol. The fourth-order valence-corrected chi connectivity index (χ4v) is 6.36. The maximum absolute atomic E-state index is 14.9. The van der Waals surface area contributed by atoms with E-state index in [1.165, 1.54) is 31.2 Å². The number of aromatic amines is 1. The van der Waals surface area contributed by atoms with Crippen molar-refractivity contribution in [2.45, 2.75) is 49.6 Å². The topological polar surface area (TPSA) is 135 Å². The van der Waals surface area contributed by atoms with E-state index in [2.05, 4.69) is 30.8 Å². The Bertz CT molecular complexity index is 1460. The van der Waals surface area contributed by atoms with Gasteiger partial charge in [-0.2, -0.15) is 4.72 Å². The molecule has 9 nitrogen and oxygen atoms in total. The second-order valence-electron chi connectivity index (χ2n) is 8.53. The predicted octanol–water partition coefficient (Wildman–Crippen LogP) is 4.04. The fraction of sp³-hybridized carbons (Fsp3) is 0.364. The van der Waals surface area contributed by atoms with Crippen LogP contribution in [-0.2, 0) is 15.6 Å². The van der Waals surface area contributed by atoms with Gasteiger partial charge in [0.05, 0.1) is 17.2 Å². The number of benzene rings is 2. The molecule has 0 fully saturated rings. The third kappa shape index (κ3) is 4.77. The van der Waals surface area contributed by atoms with Crippen molar-refractivity contribution in [1.29, 1.82) is 0 Å². The van der Waals surface area contributed by atoms with Gasteiger partial charge in [0.1, 0.15) is 22.5 Å². The number of sulfonamides is 1. The molecule has 0 bridgehead atoms. The molecule has 0 spiro atoms. The van der Waals surface area contributed by atoms with E-state index in [4.69, 9.17) is 20.8 Å². The van der Waals surface area contributed by atoms with E-state index in [1.54, 1.807) is 13.8 Å². The zero-order valence-corrected chi connectivity index (χ0v) is 22.0. The monoisotopic (exact) mass is 589 g/mol. The lowest BCUT2D eigenvalue weighted by Crippen LogP contribution is -2.35. The summed E-state index contributed by atoms with van der Waals surface area (Å²) in [5.41, 5.74) is -0.509. The second-order valence-corrected chi connectivity index (χ2v) is 11.5. The SMILES string of the molecule is Cc1c(Br)ccc(F)c1[C@@H](C)[C@H](NS(=O)(=O)c1ccc(Cl)c2c1OCC[C@]2(C)O)c1n[nH]c(=O)o1. The number of rotatable bonds is 6. The van der Waals surface area contributed by atoms with E-state index in [0.29, 0.717) is 10.0 Å². The number of nitrogens with one attached hydrogen (secondary N) is 2. The van der Waals surface area contributed by atoms with Crippen LogP contribution in [0.4, 0.5) is 4.39 Å². The zero-order valence-electron chi connectivity index (χ0n) is 18.9. The molecule has 0 radical (unpaired) electrons. The van der Waals surface area contributed by atoms with E-state index in [-0.39, 0.29) is 45.7 Å². The van der Waals surface area contributed by atoms with Crippen molar-refractivity contribution in [3.8, 4) is 5.75 Å². The van der Waals surface area contributed by atoms with Crippen molar-refractivity contribution in [3.05, 3.63) is 72.7 Å². The maximum atomic E-state index is 14.9. The van der Waals surface area contributed by atoms with Crippen LogP contribution in [0.15, 0.2) is 42.8 Å². The molecule has 0 unspecified atom stereocenters. The molecule has 35 heavy (non-hydrogen) atoms. The molecule has 3 atom stereocenters. The maximum Gasteiger partial charge on any atom is 0.434 e. The van der Waals surface area contributed by atoms with Crippen molar-refractivity contribution in [3.63, 3.8) is 0 Å². The fourth-order valence-electron chi connectivity index (χ4n) is 4.24. The van der Waals surface area contributed by atoms with Gasteiger partial charge in [-0.05, 0) is 49.2 Å². The number of H-pyrrole nitrogens is 1. The quantitative estimate of drug-likeness (QED) is 0.394. The lowest BCUT2D eigenvalue weighted by atomic mass is 9.90. The minimum absolute atomic E-state index is 0.0688. The molecule has 188 valence electrons. The number of nitrogens with zero attached hydrogens (tertiary/aromatic N) is 1. The summed E-state index contributed by atoms with van der Waals surface area (Å²) in [4.78, 5) is 11.4. The molecule has 3 aromatic rings. The van der Waals surface area contributed by atoms with Crippen LogP contribution in [-0.4, -0.2) is 30.3 Å². The van der Waals surface area contributed by atoms with E-state index >= 15 is 0 Å². The van der Waals surface area contributed by atoms with Gasteiger partial charge >= 0.3 is 5.76 Å². The third-order valence-electron chi connectivity index (χ3n) is 6.09. The molecular weight excluding hydrogens is 569 g/mol. The molecule has 4 rings (SSSR count). The molecule has 1 aliphatic heterocycles. The van der Waals surface area contributed by atoms with Crippen LogP contribution in [0, 0.1) is 12.7 Å². The molecule has 2 aromatic carbocycles. The summed E-state index contributed by atoms with van der Waals surface area (Å²) in [6.07, 6.45) is 0.218. The summed E-state index contributed by atoms with van der Waals surface area (Å²) in [6.45, 7) is 4.85. The largest absolute Gasteiger partial charge is 0.492 e. The molecule has 1 aromatic heterocycles. The Hall–Kier alpha value is -2.25. The molecule has 0 saturated carbocycles. The van der Waals surface area contributed by atoms with Crippen molar-refractivity contribution in [2.24, 2.45) is 0 Å². The minimum atomic E-state index is -4.39. The Labute approximate surface area is 213 Å². The number of halogens is 3. The first kappa shape index (κ1) is 25.8. The second kappa shape index (κ2) is 9.32. The van der Waals surface area contributed by atoms with Crippen LogP contribution in [0.2, 0.25) is 5.02 Å². The summed E-state index contributed by atoms with van der Waals surface area (Å²) in [7, 11) is -4.39. The lowest BCUT2D eigenvalue weighted by Gasteiger charge is -2.33. The summed E-state index contributed by atoms with van der Waals surface area (Å²) in [5.74, 6) is -2.68. The highest BCUT2D eigenvalue weighted by molar-refractivity contribution is 9.10. The number of aromatic nitrogens is 2. The van der Waals surface area contributed by atoms with E-state index in [9.17, 15) is 22.7 Å². The van der Waals surface area contributed by atoms with Crippen molar-refractivity contribution < 1.29 is 27.1 Å². The predicted molar refractivity (Wildman–Crippen MR) is 129 cm³/mol. The van der Waals surface area contributed by atoms with Crippen molar-refractivity contribution in [2.75, 3.05) is 6.61 Å². The van der Waals surface area contributed by atoms with Crippen LogP contribution in [0.25, 0.3) is 0 Å². The van der Waals surface area contributed by atoms with Gasteiger partial charge in [0.25, 0.3) is 0 Å². The number of ether oxygens (including phenoxy) is 1. The van der Waals surface area contributed by atoms with Gasteiger partial charge in [-0.3, -0.25) is 0 Å². The smallest absolute Gasteiger partial charge is 0.434 e. The standard InChI is InChI=1S/C22H22BrClFN3O6S/c1-10-12(23)4-6-14(25)16(10)11(2)18(20-26-27-21(29)34-20)28-35(31,32)15-7-5-13(24)17-19(15)33-9-8-22(17,3)30/h4-7,11,18,28,30H,8-9H2,1-3H3,(H,27,29)/t11-,18+,22+/m1/s1. The van der Waals surface area contributed by atoms with Crippen LogP contribution >= 0.6 is 27.5 Å². The summed E-state index contributed by atoms with van der Waals surface area (Å²) in [6, 6.07) is 4.11. The number of aliphatic hydroxyl groups is 1.